The fourth-order valence-corrected chi connectivity index (χ4v) is 4.37. The third kappa shape index (κ3) is 3.79. The number of Topliss-reactive ketones (excluding diaryl/α,β-unsaturated/α-hetero) is 1. The molecule has 1 aliphatic heterocycles. The summed E-state index contributed by atoms with van der Waals surface area (Å²) in [5.74, 6) is -0.957. The molecule has 1 atom stereocenters. The fourth-order valence-electron chi connectivity index (χ4n) is 3.64. The Labute approximate surface area is 192 Å². The molecule has 0 aromatic heterocycles. The van der Waals surface area contributed by atoms with Crippen LogP contribution < -0.4 is 4.90 Å². The molecular formula is C23H16BrCl2NO3. The highest BCUT2D eigenvalue weighted by molar-refractivity contribution is 9.10. The van der Waals surface area contributed by atoms with E-state index >= 15 is 0 Å². The summed E-state index contributed by atoms with van der Waals surface area (Å²) < 4.78 is 0.700. The zero-order chi connectivity index (χ0) is 21.5. The van der Waals surface area contributed by atoms with Gasteiger partial charge in [0.1, 0.15) is 0 Å². The lowest BCUT2D eigenvalue weighted by Crippen LogP contribution is -2.41. The number of amides is 1. The Balaban J connectivity index is 1.72. The number of fused-ring (bicyclic) bond motifs is 1. The summed E-state index contributed by atoms with van der Waals surface area (Å²) in [7, 11) is 0. The Morgan fingerprint density at radius 1 is 1.03 bits per heavy atom. The summed E-state index contributed by atoms with van der Waals surface area (Å²) in [6.07, 6.45) is -0.407. The van der Waals surface area contributed by atoms with Gasteiger partial charge in [-0.3, -0.25) is 9.59 Å². The van der Waals surface area contributed by atoms with Gasteiger partial charge in [-0.2, -0.15) is 0 Å². The first kappa shape index (κ1) is 21.1. The normalized spacial score (nSPS) is 17.9. The maximum atomic E-state index is 13.4. The molecule has 0 saturated carbocycles. The molecule has 0 saturated heterocycles. The lowest BCUT2D eigenvalue weighted by atomic mass is 9.88. The van der Waals surface area contributed by atoms with Gasteiger partial charge in [-0.05, 0) is 48.0 Å². The largest absolute Gasteiger partial charge is 0.375 e. The van der Waals surface area contributed by atoms with Crippen LogP contribution in [0, 0.1) is 0 Å². The van der Waals surface area contributed by atoms with Crippen LogP contribution in [0.3, 0.4) is 0 Å². The predicted octanol–water partition coefficient (Wildman–Crippen LogP) is 5.76. The van der Waals surface area contributed by atoms with E-state index in [1.54, 1.807) is 54.6 Å². The van der Waals surface area contributed by atoms with Crippen molar-refractivity contribution in [1.82, 2.24) is 0 Å². The van der Waals surface area contributed by atoms with Gasteiger partial charge in [0.2, 0.25) is 0 Å². The number of nitrogens with zero attached hydrogens (tertiary/aromatic N) is 1. The SMILES string of the molecule is O=C(CC1(O)C(=O)N(Cc2ccc(Cl)cc2)c2ccc(Br)cc21)c1ccccc1Cl. The predicted molar refractivity (Wildman–Crippen MR) is 121 cm³/mol. The monoisotopic (exact) mass is 503 g/mol. The zero-order valence-corrected chi connectivity index (χ0v) is 18.7. The number of anilines is 1. The van der Waals surface area contributed by atoms with E-state index in [4.69, 9.17) is 23.2 Å². The van der Waals surface area contributed by atoms with Crippen LogP contribution >= 0.6 is 39.1 Å². The third-order valence-electron chi connectivity index (χ3n) is 5.14. The van der Waals surface area contributed by atoms with E-state index in [1.165, 1.54) is 4.90 Å². The number of carbonyl (C=O) groups is 2. The van der Waals surface area contributed by atoms with Crippen molar-refractivity contribution in [3.05, 3.63) is 97.9 Å². The molecule has 4 rings (SSSR count). The molecule has 3 aromatic rings. The number of benzene rings is 3. The molecule has 0 bridgehead atoms. The molecule has 0 spiro atoms. The Kier molecular flexibility index (Phi) is 5.73. The first-order valence-electron chi connectivity index (χ1n) is 9.16. The average molecular weight is 505 g/mol. The highest BCUT2D eigenvalue weighted by Crippen LogP contribution is 2.45. The van der Waals surface area contributed by atoms with Crippen LogP contribution in [0.2, 0.25) is 10.0 Å². The third-order valence-corrected chi connectivity index (χ3v) is 6.21. The number of aliphatic hydroxyl groups is 1. The molecule has 0 radical (unpaired) electrons. The number of carbonyl (C=O) groups excluding carboxylic acids is 2. The van der Waals surface area contributed by atoms with E-state index < -0.39 is 23.7 Å². The van der Waals surface area contributed by atoms with E-state index in [-0.39, 0.29) is 17.1 Å². The highest BCUT2D eigenvalue weighted by Gasteiger charge is 2.51. The second-order valence-corrected chi connectivity index (χ2v) is 8.88. The Bertz CT molecular complexity index is 1150. The molecule has 1 amide bonds. The van der Waals surface area contributed by atoms with Gasteiger partial charge in [0.15, 0.2) is 11.4 Å². The fraction of sp³-hybridized carbons (Fsp3) is 0.130. The van der Waals surface area contributed by atoms with Crippen LogP contribution in [0.15, 0.2) is 71.2 Å². The molecule has 7 heteroatoms. The number of hydrogen-bond donors (Lipinski definition) is 1. The molecule has 1 aliphatic rings. The molecule has 0 fully saturated rings. The van der Waals surface area contributed by atoms with Crippen LogP contribution in [0.5, 0.6) is 0 Å². The molecular weight excluding hydrogens is 489 g/mol. The minimum absolute atomic E-state index is 0.243. The molecule has 1 unspecified atom stereocenters. The number of ketones is 1. The van der Waals surface area contributed by atoms with Crippen LogP contribution in [-0.4, -0.2) is 16.8 Å². The summed E-state index contributed by atoms with van der Waals surface area (Å²) >= 11 is 15.5. The number of rotatable bonds is 5. The minimum atomic E-state index is -1.98. The van der Waals surface area contributed by atoms with E-state index in [0.29, 0.717) is 20.7 Å². The molecule has 4 nitrogen and oxygen atoms in total. The first-order chi connectivity index (χ1) is 14.3. The van der Waals surface area contributed by atoms with Gasteiger partial charge in [-0.25, -0.2) is 0 Å². The first-order valence-corrected chi connectivity index (χ1v) is 10.7. The van der Waals surface area contributed by atoms with Crippen molar-refractivity contribution < 1.29 is 14.7 Å². The van der Waals surface area contributed by atoms with Crippen LogP contribution in [0.25, 0.3) is 0 Å². The molecule has 1 N–H and O–H groups in total. The minimum Gasteiger partial charge on any atom is -0.375 e. The van der Waals surface area contributed by atoms with Crippen molar-refractivity contribution in [2.24, 2.45) is 0 Å². The molecule has 30 heavy (non-hydrogen) atoms. The highest BCUT2D eigenvalue weighted by atomic mass is 79.9. The van der Waals surface area contributed by atoms with Gasteiger partial charge in [0, 0.05) is 20.6 Å². The van der Waals surface area contributed by atoms with E-state index in [1.807, 2.05) is 12.1 Å². The van der Waals surface area contributed by atoms with Gasteiger partial charge < -0.3 is 10.0 Å². The molecule has 3 aromatic carbocycles. The topological polar surface area (TPSA) is 57.6 Å². The molecule has 1 heterocycles. The van der Waals surface area contributed by atoms with Crippen molar-refractivity contribution in [3.63, 3.8) is 0 Å². The van der Waals surface area contributed by atoms with Crippen molar-refractivity contribution in [3.8, 4) is 0 Å². The Hall–Kier alpha value is -2.18. The van der Waals surface area contributed by atoms with Gasteiger partial charge in [-0.15, -0.1) is 0 Å². The van der Waals surface area contributed by atoms with Gasteiger partial charge in [0.05, 0.1) is 23.7 Å². The van der Waals surface area contributed by atoms with Crippen molar-refractivity contribution in [2.45, 2.75) is 18.6 Å². The lowest BCUT2D eigenvalue weighted by molar-refractivity contribution is -0.136. The van der Waals surface area contributed by atoms with Crippen LogP contribution in [0.4, 0.5) is 5.69 Å². The van der Waals surface area contributed by atoms with Crippen molar-refractivity contribution in [2.75, 3.05) is 4.90 Å². The number of halogens is 3. The summed E-state index contributed by atoms with van der Waals surface area (Å²) in [5, 5.41) is 12.3. The smallest absolute Gasteiger partial charge is 0.264 e. The van der Waals surface area contributed by atoms with Crippen LogP contribution in [-0.2, 0) is 16.9 Å². The maximum Gasteiger partial charge on any atom is 0.264 e. The van der Waals surface area contributed by atoms with Crippen LogP contribution in [0.1, 0.15) is 27.9 Å². The van der Waals surface area contributed by atoms with Gasteiger partial charge in [0.25, 0.3) is 5.91 Å². The van der Waals surface area contributed by atoms with E-state index in [0.717, 1.165) is 5.56 Å². The van der Waals surface area contributed by atoms with Gasteiger partial charge in [-0.1, -0.05) is 63.4 Å². The van der Waals surface area contributed by atoms with E-state index in [9.17, 15) is 14.7 Å². The summed E-state index contributed by atoms with van der Waals surface area (Å²) in [5.41, 5.74) is 0.0853. The maximum absolute atomic E-state index is 13.4. The Morgan fingerprint density at radius 2 is 1.73 bits per heavy atom. The average Bonchev–Trinajstić information content (AvgIpc) is 2.91. The molecule has 152 valence electrons. The molecule has 0 aliphatic carbocycles. The standard InChI is InChI=1S/C23H16BrCl2NO3/c24-15-7-10-20-18(11-15)23(30,12-21(28)17-3-1-2-4-19(17)26)22(29)27(20)13-14-5-8-16(25)9-6-14/h1-11,30H,12-13H2. The van der Waals surface area contributed by atoms with Crippen molar-refractivity contribution >= 4 is 56.5 Å². The van der Waals surface area contributed by atoms with Gasteiger partial charge >= 0.3 is 0 Å². The quantitative estimate of drug-likeness (QED) is 0.449. The lowest BCUT2D eigenvalue weighted by Gasteiger charge is -2.23. The second kappa shape index (κ2) is 8.16. The zero-order valence-electron chi connectivity index (χ0n) is 15.6. The summed E-state index contributed by atoms with van der Waals surface area (Å²) in [4.78, 5) is 27.8. The summed E-state index contributed by atoms with van der Waals surface area (Å²) in [6, 6.07) is 18.9. The number of hydrogen-bond acceptors (Lipinski definition) is 3. The Morgan fingerprint density at radius 3 is 2.43 bits per heavy atom. The van der Waals surface area contributed by atoms with E-state index in [2.05, 4.69) is 15.9 Å². The summed E-state index contributed by atoms with van der Waals surface area (Å²) in [6.45, 7) is 0.243. The second-order valence-electron chi connectivity index (χ2n) is 7.12. The van der Waals surface area contributed by atoms with Crippen molar-refractivity contribution in [1.29, 1.82) is 0 Å².